The molecule has 2 heterocycles. The van der Waals surface area contributed by atoms with Crippen molar-refractivity contribution in [2.24, 2.45) is 0 Å². The minimum Gasteiger partial charge on any atom is -0.344 e. The van der Waals surface area contributed by atoms with Crippen molar-refractivity contribution < 1.29 is 17.1 Å². The van der Waals surface area contributed by atoms with Crippen LogP contribution in [0.1, 0.15) is 5.69 Å². The van der Waals surface area contributed by atoms with E-state index in [0.717, 1.165) is 36.6 Å². The molecule has 0 amide bonds. The van der Waals surface area contributed by atoms with Crippen LogP contribution in [-0.2, 0) is 17.1 Å². The van der Waals surface area contributed by atoms with Crippen molar-refractivity contribution in [3.05, 3.63) is 93.1 Å². The Labute approximate surface area is 202 Å². The number of rotatable bonds is 1. The number of aromatic nitrogens is 2. The smallest absolute Gasteiger partial charge is 0.344 e. The molecule has 2 aromatic carbocycles. The SMILES string of the molecule is C=[C-]c1ccc2ccc3ccc(Br)nc3c2n1.Cl.Clc1[c-]c(Br)ccc1.N.[Fe+2]. The Kier molecular flexibility index (Phi) is 12.1. The summed E-state index contributed by atoms with van der Waals surface area (Å²) in [5.41, 5.74) is 2.53. The largest absolute Gasteiger partial charge is 2.00 e. The van der Waals surface area contributed by atoms with Crippen LogP contribution in [0.25, 0.3) is 21.8 Å². The van der Waals surface area contributed by atoms with Gasteiger partial charge in [-0.15, -0.1) is 41.8 Å². The summed E-state index contributed by atoms with van der Waals surface area (Å²) >= 11 is 12.2. The fourth-order valence-corrected chi connectivity index (χ4v) is 3.22. The molecule has 4 rings (SSSR count). The molecule has 0 aliphatic rings. The van der Waals surface area contributed by atoms with E-state index in [4.69, 9.17) is 11.6 Å². The maximum absolute atomic E-state index is 5.56. The average Bonchev–Trinajstić information content (AvgIpc) is 2.61. The predicted octanol–water partition coefficient (Wildman–Crippen LogP) is 7.37. The number of hydrogen-bond acceptors (Lipinski definition) is 3. The second-order valence-electron chi connectivity index (χ2n) is 5.06. The van der Waals surface area contributed by atoms with Crippen LogP contribution in [0, 0.1) is 12.1 Å². The maximum Gasteiger partial charge on any atom is 2.00 e. The number of pyridine rings is 2. The molecule has 146 valence electrons. The average molecular weight is 584 g/mol. The summed E-state index contributed by atoms with van der Waals surface area (Å²) in [4.78, 5) is 8.99. The molecule has 8 heteroatoms. The van der Waals surface area contributed by atoms with Crippen LogP contribution in [0.5, 0.6) is 0 Å². The van der Waals surface area contributed by atoms with Gasteiger partial charge in [-0.3, -0.25) is 4.98 Å². The van der Waals surface area contributed by atoms with Gasteiger partial charge in [0.2, 0.25) is 0 Å². The van der Waals surface area contributed by atoms with Gasteiger partial charge in [0.05, 0.1) is 11.0 Å². The zero-order valence-electron chi connectivity index (χ0n) is 14.4. The third-order valence-electron chi connectivity index (χ3n) is 3.39. The van der Waals surface area contributed by atoms with Crippen LogP contribution in [0.2, 0.25) is 5.02 Å². The summed E-state index contributed by atoms with van der Waals surface area (Å²) in [5.74, 6) is 0. The van der Waals surface area contributed by atoms with Crippen molar-refractivity contribution in [3.63, 3.8) is 0 Å². The molecular formula is C20H15Br2Cl2FeN3. The van der Waals surface area contributed by atoms with E-state index >= 15 is 0 Å². The molecule has 0 atom stereocenters. The molecule has 3 N–H and O–H groups in total. The first kappa shape index (κ1) is 27.0. The molecule has 0 aliphatic heterocycles. The van der Waals surface area contributed by atoms with Crippen LogP contribution in [-0.4, -0.2) is 9.97 Å². The van der Waals surface area contributed by atoms with Gasteiger partial charge in [0.15, 0.2) is 0 Å². The Morgan fingerprint density at radius 3 is 2.00 bits per heavy atom. The van der Waals surface area contributed by atoms with Crippen molar-refractivity contribution in [1.29, 1.82) is 0 Å². The second-order valence-corrected chi connectivity index (χ2v) is 7.14. The van der Waals surface area contributed by atoms with Gasteiger partial charge in [-0.2, -0.15) is 30.8 Å². The molecule has 4 aromatic rings. The number of fused-ring (bicyclic) bond motifs is 3. The van der Waals surface area contributed by atoms with Gasteiger partial charge in [0.25, 0.3) is 0 Å². The van der Waals surface area contributed by atoms with Crippen LogP contribution in [0.3, 0.4) is 0 Å². The van der Waals surface area contributed by atoms with Gasteiger partial charge in [-0.25, -0.2) is 11.1 Å². The molecule has 0 unspecified atom stereocenters. The standard InChI is InChI=1S/C14H8BrN2.C6H3BrCl.ClH.Fe.H3N/c1-2-11-7-5-9-3-4-10-6-8-12(15)17-14(10)13(9)16-11;7-5-2-1-3-6(8)4-5;;;/h3-8H,1H2;1-3H;1H;;1H3/q2*-1;;+2;. The minimum absolute atomic E-state index is 0. The van der Waals surface area contributed by atoms with E-state index in [1.54, 1.807) is 6.07 Å². The topological polar surface area (TPSA) is 60.8 Å². The Morgan fingerprint density at radius 2 is 1.46 bits per heavy atom. The van der Waals surface area contributed by atoms with Crippen molar-refractivity contribution in [2.45, 2.75) is 0 Å². The zero-order valence-corrected chi connectivity index (χ0v) is 20.2. The summed E-state index contributed by atoms with van der Waals surface area (Å²) in [6, 6.07) is 20.3. The number of benzene rings is 2. The fourth-order valence-electron chi connectivity index (χ4n) is 2.26. The van der Waals surface area contributed by atoms with Crippen molar-refractivity contribution in [2.75, 3.05) is 0 Å². The summed E-state index contributed by atoms with van der Waals surface area (Å²) in [6.07, 6.45) is 2.80. The van der Waals surface area contributed by atoms with E-state index in [1.807, 2.05) is 42.5 Å². The molecule has 0 radical (unpaired) electrons. The van der Waals surface area contributed by atoms with Gasteiger partial charge >= 0.3 is 17.1 Å². The summed E-state index contributed by atoms with van der Waals surface area (Å²) in [7, 11) is 0. The Hall–Kier alpha value is -0.981. The van der Waals surface area contributed by atoms with E-state index in [-0.39, 0.29) is 35.6 Å². The van der Waals surface area contributed by atoms with Gasteiger partial charge < -0.3 is 6.15 Å². The monoisotopic (exact) mass is 581 g/mol. The quantitative estimate of drug-likeness (QED) is 0.110. The van der Waals surface area contributed by atoms with Crippen LogP contribution in [0.15, 0.2) is 70.3 Å². The number of hydrogen-bond donors (Lipinski definition) is 1. The van der Waals surface area contributed by atoms with Crippen LogP contribution < -0.4 is 6.15 Å². The van der Waals surface area contributed by atoms with Gasteiger partial charge in [-0.1, -0.05) is 43.6 Å². The Morgan fingerprint density at radius 1 is 0.893 bits per heavy atom. The van der Waals surface area contributed by atoms with Crippen molar-refractivity contribution in [1.82, 2.24) is 16.1 Å². The van der Waals surface area contributed by atoms with E-state index in [0.29, 0.717) is 5.02 Å². The minimum atomic E-state index is 0. The van der Waals surface area contributed by atoms with Gasteiger partial charge in [0, 0.05) is 5.39 Å². The third-order valence-corrected chi connectivity index (χ3v) is 4.52. The molecule has 0 saturated heterocycles. The molecular weight excluding hydrogens is 569 g/mol. The first-order chi connectivity index (χ1) is 12.1. The molecule has 0 fully saturated rings. The Balaban J connectivity index is 0.000000574. The Bertz CT molecular complexity index is 1060. The second kappa shape index (κ2) is 12.6. The number of nitrogens with zero attached hydrogens (tertiary/aromatic N) is 2. The summed E-state index contributed by atoms with van der Waals surface area (Å²) in [5, 5.41) is 2.79. The first-order valence-corrected chi connectivity index (χ1v) is 9.25. The van der Waals surface area contributed by atoms with Gasteiger partial charge in [-0.05, 0) is 27.4 Å². The molecule has 28 heavy (non-hydrogen) atoms. The predicted molar refractivity (Wildman–Crippen MR) is 123 cm³/mol. The summed E-state index contributed by atoms with van der Waals surface area (Å²) in [6.45, 7) is 3.62. The number of halogens is 4. The van der Waals surface area contributed by atoms with Crippen LogP contribution in [0.4, 0.5) is 0 Å². The summed E-state index contributed by atoms with van der Waals surface area (Å²) < 4.78 is 1.71. The molecule has 0 bridgehead atoms. The van der Waals surface area contributed by atoms with Crippen LogP contribution >= 0.6 is 55.9 Å². The van der Waals surface area contributed by atoms with E-state index < -0.39 is 0 Å². The molecule has 0 saturated carbocycles. The normalized spacial score (nSPS) is 9.25. The molecule has 0 aliphatic carbocycles. The van der Waals surface area contributed by atoms with Crippen molar-refractivity contribution in [3.8, 4) is 0 Å². The van der Waals surface area contributed by atoms with Gasteiger partial charge in [0.1, 0.15) is 4.60 Å². The fraction of sp³-hybridized carbons (Fsp3) is 0. The van der Waals surface area contributed by atoms with Crippen molar-refractivity contribution >= 4 is 77.7 Å². The third kappa shape index (κ3) is 6.82. The maximum atomic E-state index is 5.56. The molecule has 0 spiro atoms. The van der Waals surface area contributed by atoms with E-state index in [1.165, 1.54) is 0 Å². The molecule has 2 aromatic heterocycles. The van der Waals surface area contributed by atoms with E-state index in [2.05, 4.69) is 66.6 Å². The van der Waals surface area contributed by atoms with E-state index in [9.17, 15) is 0 Å². The first-order valence-electron chi connectivity index (χ1n) is 7.29. The molecule has 3 nitrogen and oxygen atoms in total. The zero-order chi connectivity index (χ0) is 17.8.